The summed E-state index contributed by atoms with van der Waals surface area (Å²) in [5.74, 6) is -1.88. The van der Waals surface area contributed by atoms with Crippen molar-refractivity contribution in [3.63, 3.8) is 0 Å². The van der Waals surface area contributed by atoms with Crippen LogP contribution in [0.4, 0.5) is 0 Å². The SMILES string of the molecule is O=C(N/N=C\c1cc(Br)cc(Br)c1[O-])c1ccccc1O.O=C(N/N=C\c1cc(Br)cc(Br)c1[O-])c1ccccc1O.[Cl-].[Fe+3]. The van der Waals surface area contributed by atoms with Crippen molar-refractivity contribution in [3.05, 3.63) is 113 Å². The molecule has 0 bridgehead atoms. The van der Waals surface area contributed by atoms with Crippen LogP contribution in [0.1, 0.15) is 31.8 Å². The third kappa shape index (κ3) is 11.2. The molecule has 4 rings (SSSR count). The molecule has 229 valence electrons. The van der Waals surface area contributed by atoms with Crippen molar-refractivity contribution < 1.29 is 59.5 Å². The number of phenols is 2. The molecule has 1 radical (unpaired) electrons. The van der Waals surface area contributed by atoms with E-state index in [1.165, 1.54) is 36.7 Å². The fourth-order valence-electron chi connectivity index (χ4n) is 3.12. The molecular formula is C28H18Br4ClFeN4O6. The Morgan fingerprint density at radius 1 is 0.659 bits per heavy atom. The molecule has 4 N–H and O–H groups in total. The molecule has 0 aliphatic rings. The Kier molecular flexibility index (Phi) is 16.7. The summed E-state index contributed by atoms with van der Waals surface area (Å²) in [7, 11) is 0. The number of hydrazone groups is 2. The molecule has 16 heteroatoms. The zero-order valence-electron chi connectivity index (χ0n) is 21.7. The van der Waals surface area contributed by atoms with Crippen LogP contribution in [0.5, 0.6) is 23.0 Å². The van der Waals surface area contributed by atoms with Crippen LogP contribution in [0.3, 0.4) is 0 Å². The Bertz CT molecular complexity index is 1570. The number of carbonyl (C=O) groups is 2. The summed E-state index contributed by atoms with van der Waals surface area (Å²) in [6, 6.07) is 18.6. The van der Waals surface area contributed by atoms with Crippen molar-refractivity contribution >= 4 is 88.0 Å². The van der Waals surface area contributed by atoms with E-state index < -0.39 is 11.8 Å². The fraction of sp³-hybridized carbons (Fsp3) is 0. The van der Waals surface area contributed by atoms with Crippen molar-refractivity contribution in [2.24, 2.45) is 10.2 Å². The average molecular weight is 917 g/mol. The second-order valence-corrected chi connectivity index (χ2v) is 11.6. The third-order valence-corrected chi connectivity index (χ3v) is 7.20. The number of halogens is 5. The van der Waals surface area contributed by atoms with Crippen LogP contribution in [-0.2, 0) is 17.1 Å². The van der Waals surface area contributed by atoms with Gasteiger partial charge in [-0.25, -0.2) is 10.9 Å². The van der Waals surface area contributed by atoms with Crippen LogP contribution in [0, 0.1) is 0 Å². The molecule has 0 spiro atoms. The first-order valence-corrected chi connectivity index (χ1v) is 14.7. The molecule has 2 amide bonds. The number of phenolic OH excluding ortho intramolecular Hbond substituents is 2. The van der Waals surface area contributed by atoms with Crippen LogP contribution < -0.4 is 33.5 Å². The monoisotopic (exact) mass is 913 g/mol. The first-order chi connectivity index (χ1) is 20.0. The number of amides is 2. The zero-order valence-corrected chi connectivity index (χ0v) is 30.0. The van der Waals surface area contributed by atoms with Crippen LogP contribution in [0.15, 0.2) is 101 Å². The first-order valence-electron chi connectivity index (χ1n) is 11.5. The van der Waals surface area contributed by atoms with Gasteiger partial charge in [0.1, 0.15) is 11.5 Å². The van der Waals surface area contributed by atoms with Gasteiger partial charge in [-0.3, -0.25) is 9.59 Å². The Hall–Kier alpha value is -2.91. The van der Waals surface area contributed by atoms with Gasteiger partial charge in [-0.15, -0.1) is 0 Å². The van der Waals surface area contributed by atoms with E-state index in [-0.39, 0.29) is 63.6 Å². The maximum atomic E-state index is 11.8. The number of carbonyl (C=O) groups excluding carboxylic acids is 2. The Morgan fingerprint density at radius 2 is 1.00 bits per heavy atom. The van der Waals surface area contributed by atoms with Crippen molar-refractivity contribution in [2.75, 3.05) is 0 Å². The van der Waals surface area contributed by atoms with E-state index in [1.54, 1.807) is 48.5 Å². The predicted octanol–water partition coefficient (Wildman–Crippen LogP) is 2.51. The Labute approximate surface area is 302 Å². The minimum atomic E-state index is -0.564. The zero-order chi connectivity index (χ0) is 30.8. The molecule has 0 saturated heterocycles. The van der Waals surface area contributed by atoms with E-state index in [0.717, 1.165) is 0 Å². The standard InChI is InChI=1S/2C14H10Br2N2O3.ClH.Fe/c2*15-9-5-8(13(20)11(16)6-9)7-17-18-14(21)10-3-1-2-4-12(10)19;;/h2*1-7,19-20H,(H,18,21);1H;/q;;;+3/p-3/b2*17-7-;;. The number of hydrogen-bond acceptors (Lipinski definition) is 8. The average Bonchev–Trinajstić information content (AvgIpc) is 2.94. The van der Waals surface area contributed by atoms with Crippen molar-refractivity contribution in [2.45, 2.75) is 0 Å². The topological polar surface area (TPSA) is 169 Å². The summed E-state index contributed by atoms with van der Waals surface area (Å²) in [4.78, 5) is 23.6. The number of nitrogens with zero attached hydrogens (tertiary/aromatic N) is 2. The van der Waals surface area contributed by atoms with E-state index in [9.17, 15) is 30.0 Å². The smallest absolute Gasteiger partial charge is 1.00 e. The van der Waals surface area contributed by atoms with Crippen LogP contribution in [0.25, 0.3) is 0 Å². The minimum Gasteiger partial charge on any atom is -1.00 e. The van der Waals surface area contributed by atoms with Gasteiger partial charge in [-0.1, -0.05) is 99.5 Å². The van der Waals surface area contributed by atoms with Gasteiger partial charge in [-0.2, -0.15) is 10.2 Å². The molecular weight excluding hydrogens is 899 g/mol. The summed E-state index contributed by atoms with van der Waals surface area (Å²) in [6.07, 6.45) is 2.49. The number of benzene rings is 4. The van der Waals surface area contributed by atoms with Crippen molar-refractivity contribution in [3.8, 4) is 23.0 Å². The molecule has 0 aliphatic heterocycles. The third-order valence-electron chi connectivity index (χ3n) is 5.11. The van der Waals surface area contributed by atoms with Gasteiger partial charge >= 0.3 is 17.1 Å². The van der Waals surface area contributed by atoms with Gasteiger partial charge in [0.2, 0.25) is 0 Å². The molecule has 4 aromatic carbocycles. The molecule has 0 atom stereocenters. The molecule has 0 aromatic heterocycles. The molecule has 0 aliphatic carbocycles. The number of nitrogens with one attached hydrogen (secondary N) is 2. The first kappa shape index (κ1) is 39.1. The van der Waals surface area contributed by atoms with Gasteiger partial charge in [0.25, 0.3) is 11.8 Å². The van der Waals surface area contributed by atoms with Crippen molar-refractivity contribution in [1.29, 1.82) is 0 Å². The molecule has 10 nitrogen and oxygen atoms in total. The second kappa shape index (κ2) is 18.8. The molecule has 4 aromatic rings. The molecule has 44 heavy (non-hydrogen) atoms. The van der Waals surface area contributed by atoms with E-state index in [0.29, 0.717) is 29.0 Å². The normalized spacial score (nSPS) is 10.3. The second-order valence-electron chi connectivity index (χ2n) is 8.04. The maximum absolute atomic E-state index is 11.8. The molecule has 0 saturated carbocycles. The molecule has 0 heterocycles. The summed E-state index contributed by atoms with van der Waals surface area (Å²) in [6.45, 7) is 0. The van der Waals surface area contributed by atoms with E-state index in [1.807, 2.05) is 0 Å². The van der Waals surface area contributed by atoms with E-state index >= 15 is 0 Å². The van der Waals surface area contributed by atoms with Crippen LogP contribution >= 0.6 is 63.7 Å². The van der Waals surface area contributed by atoms with E-state index in [4.69, 9.17) is 0 Å². The van der Waals surface area contributed by atoms with Gasteiger partial charge < -0.3 is 32.8 Å². The molecule has 0 unspecified atom stereocenters. The van der Waals surface area contributed by atoms with E-state index in [2.05, 4.69) is 84.8 Å². The fourth-order valence-corrected chi connectivity index (χ4v) is 5.64. The summed E-state index contributed by atoms with van der Waals surface area (Å²) >= 11 is 12.8. The summed E-state index contributed by atoms with van der Waals surface area (Å²) in [5.41, 5.74) is 5.35. The minimum absolute atomic E-state index is 0. The summed E-state index contributed by atoms with van der Waals surface area (Å²) < 4.78 is 2.21. The largest absolute Gasteiger partial charge is 3.00 e. The quantitative estimate of drug-likeness (QED) is 0.132. The maximum Gasteiger partial charge on any atom is 3.00 e. The van der Waals surface area contributed by atoms with Crippen LogP contribution in [-0.4, -0.2) is 34.5 Å². The Morgan fingerprint density at radius 3 is 1.34 bits per heavy atom. The van der Waals surface area contributed by atoms with Gasteiger partial charge in [-0.05, 0) is 59.7 Å². The number of rotatable bonds is 6. The Balaban J connectivity index is 0.000000421. The predicted molar refractivity (Wildman–Crippen MR) is 169 cm³/mol. The number of hydrogen-bond donors (Lipinski definition) is 4. The number of aromatic hydroxyl groups is 2. The van der Waals surface area contributed by atoms with Gasteiger partial charge in [0.15, 0.2) is 0 Å². The van der Waals surface area contributed by atoms with Gasteiger partial charge in [0, 0.05) is 17.9 Å². The number of para-hydroxylation sites is 2. The summed E-state index contributed by atoms with van der Waals surface area (Å²) in [5, 5.41) is 50.1. The molecule has 0 fully saturated rings. The van der Waals surface area contributed by atoms with Crippen molar-refractivity contribution in [1.82, 2.24) is 10.9 Å². The van der Waals surface area contributed by atoms with Crippen LogP contribution in [0.2, 0.25) is 0 Å². The van der Waals surface area contributed by atoms with Gasteiger partial charge in [0.05, 0.1) is 23.6 Å².